The van der Waals surface area contributed by atoms with E-state index in [1.54, 1.807) is 12.1 Å². The zero-order chi connectivity index (χ0) is 38.8. The third kappa shape index (κ3) is 8.72. The molecule has 1 aliphatic carbocycles. The van der Waals surface area contributed by atoms with Gasteiger partial charge in [0.25, 0.3) is 11.7 Å². The maximum absolute atomic E-state index is 13.7. The number of ketones is 1. The van der Waals surface area contributed by atoms with E-state index >= 15 is 0 Å². The number of fused-ring (bicyclic) bond motifs is 1. The second-order valence-electron chi connectivity index (χ2n) is 13.1. The predicted octanol–water partition coefficient (Wildman–Crippen LogP) is 4.01. The van der Waals surface area contributed by atoms with Crippen molar-refractivity contribution in [3.05, 3.63) is 94.8 Å². The van der Waals surface area contributed by atoms with Gasteiger partial charge >= 0.3 is 5.97 Å². The molecule has 0 aliphatic heterocycles. The van der Waals surface area contributed by atoms with Crippen LogP contribution in [0.1, 0.15) is 59.7 Å². The van der Waals surface area contributed by atoms with E-state index in [1.165, 1.54) is 69.4 Å². The van der Waals surface area contributed by atoms with Gasteiger partial charge in [0.1, 0.15) is 35.0 Å². The standard InChI is InChI=1S/C37H37FN4O10S/c1-37(2,36(49)40-18-20-6-5-7-23(14-20)28(43)17-29(44)35(47)48)41-31(45)19-42(53(4,50)51)27-16-30-26(15-25(27)21-8-9-21)32(34(46)39-3)33(52-30)22-10-12-24(38)13-11-22/h5-7,10-17,21,43H,8-9,18-19H2,1-4H3,(H,39,46)(H,40,49)(H,41,45)(H,47,48). The molecule has 0 bridgehead atoms. The minimum Gasteiger partial charge on any atom is -0.507 e. The van der Waals surface area contributed by atoms with E-state index in [4.69, 9.17) is 9.52 Å². The zero-order valence-electron chi connectivity index (χ0n) is 29.2. The van der Waals surface area contributed by atoms with Crippen molar-refractivity contribution < 1.29 is 51.4 Å². The summed E-state index contributed by atoms with van der Waals surface area (Å²) >= 11 is 0. The number of nitrogens with one attached hydrogen (secondary N) is 3. The highest BCUT2D eigenvalue weighted by molar-refractivity contribution is 7.92. The first-order chi connectivity index (χ1) is 24.9. The van der Waals surface area contributed by atoms with Crippen molar-refractivity contribution in [2.75, 3.05) is 24.2 Å². The first kappa shape index (κ1) is 38.2. The number of hydrogen-bond donors (Lipinski definition) is 5. The summed E-state index contributed by atoms with van der Waals surface area (Å²) in [5, 5.41) is 27.2. The Balaban J connectivity index is 1.38. The highest BCUT2D eigenvalue weighted by Crippen LogP contribution is 2.48. The Hall–Kier alpha value is -6.03. The molecule has 5 rings (SSSR count). The normalized spacial score (nSPS) is 13.3. The Morgan fingerprint density at radius 1 is 1.02 bits per heavy atom. The van der Waals surface area contributed by atoms with Gasteiger partial charge in [-0.2, -0.15) is 0 Å². The molecule has 4 aromatic rings. The van der Waals surface area contributed by atoms with Gasteiger partial charge in [-0.1, -0.05) is 18.2 Å². The van der Waals surface area contributed by atoms with Crippen LogP contribution >= 0.6 is 0 Å². The fraction of sp³-hybridized carbons (Fsp3) is 0.270. The molecular formula is C37H37FN4O10S. The molecule has 278 valence electrons. The number of benzene rings is 3. The molecule has 1 aromatic heterocycles. The van der Waals surface area contributed by atoms with Crippen LogP contribution in [0.2, 0.25) is 0 Å². The van der Waals surface area contributed by atoms with Crippen molar-refractivity contribution in [1.29, 1.82) is 0 Å². The molecule has 53 heavy (non-hydrogen) atoms. The number of halogens is 1. The average molecular weight is 749 g/mol. The minimum absolute atomic E-state index is 0.0563. The molecule has 0 saturated heterocycles. The van der Waals surface area contributed by atoms with Crippen molar-refractivity contribution >= 4 is 61.9 Å². The van der Waals surface area contributed by atoms with Crippen LogP contribution < -0.4 is 20.3 Å². The molecule has 14 nitrogen and oxygen atoms in total. The van der Waals surface area contributed by atoms with Gasteiger partial charge in [-0.25, -0.2) is 17.6 Å². The van der Waals surface area contributed by atoms with Gasteiger partial charge in [-0.3, -0.25) is 23.5 Å². The summed E-state index contributed by atoms with van der Waals surface area (Å²) in [6.45, 7) is 2.08. The average Bonchev–Trinajstić information content (AvgIpc) is 3.88. The SMILES string of the molecule is CNC(=O)c1c(-c2ccc(F)cc2)oc2cc(N(CC(=O)NC(C)(C)C(=O)NCc3cccc(C(O)=CC(=O)C(=O)O)c3)S(C)(=O)=O)c(C3CC3)cc12. The van der Waals surface area contributed by atoms with E-state index in [1.807, 2.05) is 0 Å². The smallest absolute Gasteiger partial charge is 0.376 e. The molecule has 0 unspecified atom stereocenters. The lowest BCUT2D eigenvalue weighted by molar-refractivity contribution is -0.146. The van der Waals surface area contributed by atoms with Gasteiger partial charge < -0.3 is 30.6 Å². The summed E-state index contributed by atoms with van der Waals surface area (Å²) in [6.07, 6.45) is 2.99. The molecule has 3 amide bonds. The Morgan fingerprint density at radius 3 is 2.30 bits per heavy atom. The van der Waals surface area contributed by atoms with Gasteiger partial charge in [0.05, 0.1) is 17.5 Å². The molecule has 5 N–H and O–H groups in total. The summed E-state index contributed by atoms with van der Waals surface area (Å²) < 4.78 is 47.3. The van der Waals surface area contributed by atoms with Gasteiger partial charge in [-0.15, -0.1) is 0 Å². The number of carbonyl (C=O) groups excluding carboxylic acids is 4. The van der Waals surface area contributed by atoms with E-state index in [-0.39, 0.29) is 40.6 Å². The van der Waals surface area contributed by atoms with E-state index in [0.717, 1.165) is 23.4 Å². The fourth-order valence-electron chi connectivity index (χ4n) is 5.71. The van der Waals surface area contributed by atoms with Crippen LogP contribution in [0.5, 0.6) is 0 Å². The molecule has 0 radical (unpaired) electrons. The number of aliphatic hydroxyl groups is 1. The molecule has 1 fully saturated rings. The monoisotopic (exact) mass is 748 g/mol. The van der Waals surface area contributed by atoms with Crippen molar-refractivity contribution in [1.82, 2.24) is 16.0 Å². The van der Waals surface area contributed by atoms with Gasteiger partial charge in [0, 0.05) is 42.2 Å². The first-order valence-electron chi connectivity index (χ1n) is 16.3. The van der Waals surface area contributed by atoms with E-state index in [0.29, 0.717) is 28.2 Å². The van der Waals surface area contributed by atoms with E-state index in [9.17, 15) is 41.9 Å². The topological polar surface area (TPSA) is 212 Å². The maximum Gasteiger partial charge on any atom is 0.376 e. The Bertz CT molecular complexity index is 2280. The van der Waals surface area contributed by atoms with Crippen LogP contribution in [-0.4, -0.2) is 73.5 Å². The van der Waals surface area contributed by atoms with Crippen molar-refractivity contribution in [3.63, 3.8) is 0 Å². The van der Waals surface area contributed by atoms with Crippen LogP contribution in [0.4, 0.5) is 10.1 Å². The molecular weight excluding hydrogens is 711 g/mol. The fourth-order valence-corrected chi connectivity index (χ4v) is 6.58. The number of sulfonamides is 1. The zero-order valence-corrected chi connectivity index (χ0v) is 30.0. The number of nitrogens with zero attached hydrogens (tertiary/aromatic N) is 1. The van der Waals surface area contributed by atoms with Gasteiger partial charge in [0.2, 0.25) is 21.8 Å². The number of carboxylic acids is 1. The van der Waals surface area contributed by atoms with Crippen LogP contribution in [0, 0.1) is 5.82 Å². The van der Waals surface area contributed by atoms with Gasteiger partial charge in [-0.05, 0) is 80.1 Å². The summed E-state index contributed by atoms with van der Waals surface area (Å²) in [4.78, 5) is 62.0. The number of rotatable bonds is 14. The Kier molecular flexibility index (Phi) is 10.7. The molecule has 1 heterocycles. The summed E-state index contributed by atoms with van der Waals surface area (Å²) in [5.74, 6) is -5.91. The van der Waals surface area contributed by atoms with Gasteiger partial charge in [0.15, 0.2) is 0 Å². The molecule has 0 spiro atoms. The summed E-state index contributed by atoms with van der Waals surface area (Å²) in [7, 11) is -2.65. The van der Waals surface area contributed by atoms with Crippen LogP contribution in [0.15, 0.2) is 71.2 Å². The Labute approximate surface area is 303 Å². The summed E-state index contributed by atoms with van der Waals surface area (Å²) in [5.41, 5.74) is 0.603. The Morgan fingerprint density at radius 2 is 1.70 bits per heavy atom. The largest absolute Gasteiger partial charge is 0.507 e. The highest BCUT2D eigenvalue weighted by atomic mass is 32.2. The second kappa shape index (κ2) is 14.9. The molecule has 1 aliphatic rings. The predicted molar refractivity (Wildman–Crippen MR) is 193 cm³/mol. The number of furan rings is 1. The quantitative estimate of drug-likeness (QED) is 0.0710. The molecule has 16 heteroatoms. The number of amides is 3. The number of carboxylic acid groups (broad SMARTS) is 1. The van der Waals surface area contributed by atoms with Crippen LogP contribution in [-0.2, 0) is 35.7 Å². The lowest BCUT2D eigenvalue weighted by atomic mass is 10.0. The van der Waals surface area contributed by atoms with Crippen molar-refractivity contribution in [2.45, 2.75) is 44.7 Å². The number of carbonyl (C=O) groups is 5. The minimum atomic E-state index is -4.11. The second-order valence-corrected chi connectivity index (χ2v) is 15.0. The van der Waals surface area contributed by atoms with Crippen LogP contribution in [0.3, 0.4) is 0 Å². The van der Waals surface area contributed by atoms with E-state index in [2.05, 4.69) is 16.0 Å². The molecule has 0 atom stereocenters. The highest BCUT2D eigenvalue weighted by Gasteiger charge is 2.35. The number of anilines is 1. The third-order valence-corrected chi connectivity index (χ3v) is 9.67. The van der Waals surface area contributed by atoms with Crippen molar-refractivity contribution in [3.8, 4) is 11.3 Å². The van der Waals surface area contributed by atoms with E-state index < -0.39 is 63.2 Å². The lowest BCUT2D eigenvalue weighted by Crippen LogP contribution is -2.56. The number of aliphatic carboxylic acids is 1. The lowest BCUT2D eigenvalue weighted by Gasteiger charge is -2.29. The van der Waals surface area contributed by atoms with Crippen molar-refractivity contribution in [2.24, 2.45) is 0 Å². The number of aliphatic hydroxyl groups excluding tert-OH is 1. The molecule has 3 aromatic carbocycles. The number of hydrogen-bond acceptors (Lipinski definition) is 9. The first-order valence-corrected chi connectivity index (χ1v) is 18.2. The third-order valence-electron chi connectivity index (χ3n) is 8.55. The summed E-state index contributed by atoms with van der Waals surface area (Å²) in [6, 6.07) is 14.5. The van der Waals surface area contributed by atoms with Crippen LogP contribution in [0.25, 0.3) is 28.1 Å². The molecule has 1 saturated carbocycles. The maximum atomic E-state index is 13.7.